The highest BCUT2D eigenvalue weighted by Gasteiger charge is 2.14. The Hall–Kier alpha value is -3.60. The van der Waals surface area contributed by atoms with Crippen LogP contribution in [-0.4, -0.2) is 29.2 Å². The Morgan fingerprint density at radius 3 is 2.55 bits per heavy atom. The van der Waals surface area contributed by atoms with E-state index in [1.54, 1.807) is 31.4 Å². The second kappa shape index (κ2) is 9.06. The number of methoxy groups -OCH3 is 1. The predicted molar refractivity (Wildman–Crippen MR) is 103 cm³/mol. The van der Waals surface area contributed by atoms with E-state index in [-0.39, 0.29) is 17.2 Å². The van der Waals surface area contributed by atoms with Crippen molar-refractivity contribution in [3.63, 3.8) is 0 Å². The van der Waals surface area contributed by atoms with Crippen molar-refractivity contribution < 1.29 is 23.1 Å². The second-order valence-electron chi connectivity index (χ2n) is 5.62. The molecule has 0 saturated carbocycles. The molecule has 0 spiro atoms. The van der Waals surface area contributed by atoms with Crippen LogP contribution in [0.5, 0.6) is 5.75 Å². The van der Waals surface area contributed by atoms with Gasteiger partial charge in [0.05, 0.1) is 19.3 Å². The quantitative estimate of drug-likeness (QED) is 0.568. The summed E-state index contributed by atoms with van der Waals surface area (Å²) in [6.07, 6.45) is 0. The molecule has 11 heteroatoms. The fourth-order valence-corrected chi connectivity index (χ4v) is 2.87. The lowest BCUT2D eigenvalue weighted by atomic mass is 10.3. The number of benzene rings is 2. The van der Waals surface area contributed by atoms with Gasteiger partial charge in [-0.1, -0.05) is 11.3 Å². The van der Waals surface area contributed by atoms with Crippen LogP contribution in [0.4, 0.5) is 25.0 Å². The zero-order valence-electron chi connectivity index (χ0n) is 15.0. The number of anilines is 2. The van der Waals surface area contributed by atoms with E-state index in [4.69, 9.17) is 4.74 Å². The SMILES string of the molecule is COc1ccc(NC(=O)c2nnc(CNC(=O)Nc3cc(F)ccc3F)s2)cc1. The maximum absolute atomic E-state index is 13.5. The van der Waals surface area contributed by atoms with Crippen molar-refractivity contribution >= 4 is 34.6 Å². The summed E-state index contributed by atoms with van der Waals surface area (Å²) in [5.74, 6) is -1.25. The lowest BCUT2D eigenvalue weighted by molar-refractivity contribution is 0.102. The van der Waals surface area contributed by atoms with Gasteiger partial charge < -0.3 is 20.7 Å². The molecule has 0 atom stereocenters. The number of nitrogens with zero attached hydrogens (tertiary/aromatic N) is 2. The summed E-state index contributed by atoms with van der Waals surface area (Å²) in [5.41, 5.74) is 0.265. The van der Waals surface area contributed by atoms with Crippen LogP contribution in [0.2, 0.25) is 0 Å². The van der Waals surface area contributed by atoms with Crippen LogP contribution < -0.4 is 20.7 Å². The Morgan fingerprint density at radius 2 is 1.83 bits per heavy atom. The molecule has 0 radical (unpaired) electrons. The van der Waals surface area contributed by atoms with Crippen LogP contribution in [0, 0.1) is 11.6 Å². The Morgan fingerprint density at radius 1 is 1.07 bits per heavy atom. The zero-order valence-corrected chi connectivity index (χ0v) is 15.8. The normalized spacial score (nSPS) is 10.3. The molecule has 3 amide bonds. The van der Waals surface area contributed by atoms with E-state index in [0.717, 1.165) is 29.5 Å². The maximum atomic E-state index is 13.5. The standard InChI is InChI=1S/C18H15F2N5O3S/c1-28-12-5-3-11(4-6-12)22-16(26)17-25-24-15(29-17)9-21-18(27)23-14-8-10(19)2-7-13(14)20/h2-8H,9H2,1H3,(H,22,26)(H2,21,23,27). The molecule has 0 saturated heterocycles. The molecule has 0 aliphatic heterocycles. The van der Waals surface area contributed by atoms with Gasteiger partial charge in [0.1, 0.15) is 22.4 Å². The highest BCUT2D eigenvalue weighted by atomic mass is 32.1. The third-order valence-corrected chi connectivity index (χ3v) is 4.51. The summed E-state index contributed by atoms with van der Waals surface area (Å²) in [4.78, 5) is 24.1. The average molecular weight is 419 g/mol. The molecule has 0 bridgehead atoms. The van der Waals surface area contributed by atoms with Crippen LogP contribution in [0.25, 0.3) is 0 Å². The maximum Gasteiger partial charge on any atom is 0.319 e. The minimum absolute atomic E-state index is 0.0454. The topological polar surface area (TPSA) is 105 Å². The molecular formula is C18H15F2N5O3S. The van der Waals surface area contributed by atoms with Gasteiger partial charge in [-0.05, 0) is 36.4 Å². The van der Waals surface area contributed by atoms with Crippen molar-refractivity contribution in [1.82, 2.24) is 15.5 Å². The Labute approximate surface area is 167 Å². The van der Waals surface area contributed by atoms with Gasteiger partial charge in [-0.15, -0.1) is 10.2 Å². The molecule has 8 nitrogen and oxygen atoms in total. The molecule has 0 aliphatic rings. The van der Waals surface area contributed by atoms with Crippen molar-refractivity contribution in [2.24, 2.45) is 0 Å². The predicted octanol–water partition coefficient (Wildman–Crippen LogP) is 3.40. The number of halogens is 2. The number of amides is 3. The van der Waals surface area contributed by atoms with Gasteiger partial charge in [-0.2, -0.15) is 0 Å². The summed E-state index contributed by atoms with van der Waals surface area (Å²) in [7, 11) is 1.54. The van der Waals surface area contributed by atoms with Crippen molar-refractivity contribution in [1.29, 1.82) is 0 Å². The number of hydrogen-bond donors (Lipinski definition) is 3. The smallest absolute Gasteiger partial charge is 0.319 e. The van der Waals surface area contributed by atoms with Crippen molar-refractivity contribution in [3.05, 3.63) is 64.1 Å². The Bertz CT molecular complexity index is 1030. The van der Waals surface area contributed by atoms with Gasteiger partial charge in [0, 0.05) is 11.8 Å². The van der Waals surface area contributed by atoms with E-state index in [0.29, 0.717) is 16.4 Å². The number of urea groups is 1. The van der Waals surface area contributed by atoms with Crippen LogP contribution in [0.1, 0.15) is 14.8 Å². The first kappa shape index (κ1) is 20.1. The number of ether oxygens (including phenoxy) is 1. The van der Waals surface area contributed by atoms with E-state index in [1.807, 2.05) is 0 Å². The van der Waals surface area contributed by atoms with Gasteiger partial charge in [-0.3, -0.25) is 4.79 Å². The van der Waals surface area contributed by atoms with Gasteiger partial charge >= 0.3 is 6.03 Å². The number of carbonyl (C=O) groups is 2. The van der Waals surface area contributed by atoms with E-state index in [2.05, 4.69) is 26.1 Å². The van der Waals surface area contributed by atoms with E-state index < -0.39 is 23.6 Å². The summed E-state index contributed by atoms with van der Waals surface area (Å²) in [6, 6.07) is 8.71. The van der Waals surface area contributed by atoms with Gasteiger partial charge in [0.25, 0.3) is 5.91 Å². The first-order valence-electron chi connectivity index (χ1n) is 8.22. The molecule has 0 unspecified atom stereocenters. The zero-order chi connectivity index (χ0) is 20.8. The van der Waals surface area contributed by atoms with Crippen molar-refractivity contribution in [2.75, 3.05) is 17.7 Å². The summed E-state index contributed by atoms with van der Waals surface area (Å²) < 4.78 is 31.7. The second-order valence-corrected chi connectivity index (χ2v) is 6.68. The molecule has 2 aromatic carbocycles. The Balaban J connectivity index is 1.53. The lowest BCUT2D eigenvalue weighted by Gasteiger charge is -2.07. The van der Waals surface area contributed by atoms with Crippen molar-refractivity contribution in [2.45, 2.75) is 6.54 Å². The van der Waals surface area contributed by atoms with E-state index in [1.165, 1.54) is 0 Å². The summed E-state index contributed by atoms with van der Waals surface area (Å²) >= 11 is 0.986. The fraction of sp³-hybridized carbons (Fsp3) is 0.111. The number of rotatable bonds is 6. The lowest BCUT2D eigenvalue weighted by Crippen LogP contribution is -2.28. The third-order valence-electron chi connectivity index (χ3n) is 3.59. The molecule has 3 rings (SSSR count). The Kier molecular flexibility index (Phi) is 6.29. The average Bonchev–Trinajstić information content (AvgIpc) is 3.19. The molecule has 0 aliphatic carbocycles. The van der Waals surface area contributed by atoms with Gasteiger partial charge in [0.2, 0.25) is 5.01 Å². The van der Waals surface area contributed by atoms with Gasteiger partial charge in [0.15, 0.2) is 0 Å². The van der Waals surface area contributed by atoms with Crippen LogP contribution in [0.15, 0.2) is 42.5 Å². The first-order valence-corrected chi connectivity index (χ1v) is 9.04. The largest absolute Gasteiger partial charge is 0.497 e. The number of hydrogen-bond acceptors (Lipinski definition) is 6. The monoisotopic (exact) mass is 419 g/mol. The molecule has 0 fully saturated rings. The van der Waals surface area contributed by atoms with Crippen LogP contribution in [-0.2, 0) is 6.54 Å². The van der Waals surface area contributed by atoms with Crippen molar-refractivity contribution in [3.8, 4) is 5.75 Å². The summed E-state index contributed by atoms with van der Waals surface area (Å²) in [5, 5.41) is 15.4. The molecule has 29 heavy (non-hydrogen) atoms. The first-order chi connectivity index (χ1) is 13.9. The van der Waals surface area contributed by atoms with Crippen LogP contribution >= 0.6 is 11.3 Å². The summed E-state index contributed by atoms with van der Waals surface area (Å²) in [6.45, 7) is -0.0454. The number of nitrogens with one attached hydrogen (secondary N) is 3. The van der Waals surface area contributed by atoms with E-state index in [9.17, 15) is 18.4 Å². The molecule has 1 aromatic heterocycles. The molecule has 1 heterocycles. The minimum Gasteiger partial charge on any atom is -0.497 e. The third kappa shape index (κ3) is 5.45. The van der Waals surface area contributed by atoms with Crippen LogP contribution in [0.3, 0.4) is 0 Å². The highest BCUT2D eigenvalue weighted by molar-refractivity contribution is 7.13. The fourth-order valence-electron chi connectivity index (χ4n) is 2.19. The molecule has 3 N–H and O–H groups in total. The van der Waals surface area contributed by atoms with E-state index >= 15 is 0 Å². The molecule has 3 aromatic rings. The highest BCUT2D eigenvalue weighted by Crippen LogP contribution is 2.18. The number of aromatic nitrogens is 2. The minimum atomic E-state index is -0.769. The van der Waals surface area contributed by atoms with Gasteiger partial charge in [-0.25, -0.2) is 13.6 Å². The molecule has 150 valence electrons. The number of carbonyl (C=O) groups excluding carboxylic acids is 2. The molecular weight excluding hydrogens is 404 g/mol.